The Morgan fingerprint density at radius 1 is 1.14 bits per heavy atom. The fraction of sp³-hybridized carbons (Fsp3) is 0.409. The zero-order valence-electron chi connectivity index (χ0n) is 17.4. The van der Waals surface area contributed by atoms with Crippen LogP contribution in [0.3, 0.4) is 0 Å². The van der Waals surface area contributed by atoms with E-state index in [1.807, 2.05) is 51.1 Å². The molecule has 1 amide bonds. The number of aromatic nitrogens is 1. The van der Waals surface area contributed by atoms with Crippen LogP contribution in [0.15, 0.2) is 42.6 Å². The molecule has 0 aliphatic carbocycles. The summed E-state index contributed by atoms with van der Waals surface area (Å²) >= 11 is 0. The second-order valence-electron chi connectivity index (χ2n) is 7.91. The minimum atomic E-state index is -0.953. The summed E-state index contributed by atoms with van der Waals surface area (Å²) in [4.78, 5) is 38.8. The Kier molecular flexibility index (Phi) is 6.44. The fourth-order valence-electron chi connectivity index (χ4n) is 2.86. The molecule has 0 N–H and O–H groups in total. The largest absolute Gasteiger partial charge is 0.448 e. The highest BCUT2D eigenvalue weighted by Gasteiger charge is 2.32. The summed E-state index contributed by atoms with van der Waals surface area (Å²) in [5, 5.41) is 0. The Hall–Kier alpha value is -2.89. The number of rotatable bonds is 6. The van der Waals surface area contributed by atoms with Crippen molar-refractivity contribution >= 4 is 17.7 Å². The minimum Gasteiger partial charge on any atom is -0.448 e. The maximum atomic E-state index is 13.0. The fourth-order valence-corrected chi connectivity index (χ4v) is 2.86. The summed E-state index contributed by atoms with van der Waals surface area (Å²) in [5.41, 5.74) is 1.21. The van der Waals surface area contributed by atoms with Crippen molar-refractivity contribution in [3.63, 3.8) is 0 Å². The first-order valence-electron chi connectivity index (χ1n) is 9.24. The lowest BCUT2D eigenvalue weighted by Gasteiger charge is -2.37. The lowest BCUT2D eigenvalue weighted by Crippen LogP contribution is -2.49. The van der Waals surface area contributed by atoms with E-state index in [1.54, 1.807) is 25.1 Å². The maximum Gasteiger partial charge on any atom is 0.355 e. The zero-order valence-corrected chi connectivity index (χ0v) is 17.4. The Morgan fingerprint density at radius 3 is 2.25 bits per heavy atom. The molecular weight excluding hydrogens is 356 g/mol. The number of hydrogen-bond acceptors (Lipinski definition) is 4. The van der Waals surface area contributed by atoms with Crippen LogP contribution in [0, 0.1) is 0 Å². The highest BCUT2D eigenvalue weighted by Crippen LogP contribution is 2.20. The van der Waals surface area contributed by atoms with Gasteiger partial charge in [0, 0.05) is 30.9 Å². The monoisotopic (exact) mass is 384 g/mol. The predicted octanol–water partition coefficient (Wildman–Crippen LogP) is 3.60. The molecule has 0 saturated carbocycles. The van der Waals surface area contributed by atoms with Crippen LogP contribution < -0.4 is 0 Å². The number of aryl methyl sites for hydroxylation is 1. The molecule has 0 aliphatic rings. The molecule has 0 unspecified atom stereocenters. The van der Waals surface area contributed by atoms with Gasteiger partial charge in [-0.2, -0.15) is 0 Å². The van der Waals surface area contributed by atoms with Gasteiger partial charge in [0.25, 0.3) is 5.91 Å². The lowest BCUT2D eigenvalue weighted by molar-refractivity contribution is -0.145. The van der Waals surface area contributed by atoms with Crippen LogP contribution in [0.1, 0.15) is 61.0 Å². The Bertz CT molecular complexity index is 862. The van der Waals surface area contributed by atoms with Gasteiger partial charge in [0.2, 0.25) is 0 Å². The second kappa shape index (κ2) is 8.42. The van der Waals surface area contributed by atoms with Crippen LogP contribution in [0.4, 0.5) is 0 Å². The quantitative estimate of drug-likeness (QED) is 0.564. The van der Waals surface area contributed by atoms with Crippen molar-refractivity contribution in [2.75, 3.05) is 0 Å². The van der Waals surface area contributed by atoms with E-state index in [9.17, 15) is 14.4 Å². The number of amides is 1. The molecule has 6 nitrogen and oxygen atoms in total. The van der Waals surface area contributed by atoms with Crippen molar-refractivity contribution in [1.29, 1.82) is 0 Å². The van der Waals surface area contributed by atoms with Crippen molar-refractivity contribution in [2.45, 2.75) is 52.8 Å². The molecule has 1 aromatic heterocycles. The SMILES string of the molecule is CC(=O)c1cc(C(=O)O[C@H](C)C(=O)N(Cc2ccccc2)C(C)(C)C)n(C)c1. The van der Waals surface area contributed by atoms with Crippen molar-refractivity contribution in [1.82, 2.24) is 9.47 Å². The normalized spacial score (nSPS) is 12.4. The van der Waals surface area contributed by atoms with Crippen LogP contribution in [0.2, 0.25) is 0 Å². The Balaban J connectivity index is 2.16. The van der Waals surface area contributed by atoms with E-state index in [0.29, 0.717) is 12.1 Å². The molecule has 0 radical (unpaired) electrons. The molecule has 0 saturated heterocycles. The summed E-state index contributed by atoms with van der Waals surface area (Å²) in [7, 11) is 1.66. The van der Waals surface area contributed by atoms with Crippen LogP contribution in [-0.4, -0.2) is 38.8 Å². The first kappa shape index (κ1) is 21.4. The summed E-state index contributed by atoms with van der Waals surface area (Å²) in [6.45, 7) is 9.25. The molecular formula is C22H28N2O4. The first-order valence-corrected chi connectivity index (χ1v) is 9.24. The minimum absolute atomic E-state index is 0.138. The topological polar surface area (TPSA) is 68.6 Å². The van der Waals surface area contributed by atoms with Gasteiger partial charge in [0.05, 0.1) is 0 Å². The van der Waals surface area contributed by atoms with E-state index in [-0.39, 0.29) is 17.4 Å². The molecule has 2 rings (SSSR count). The molecule has 1 heterocycles. The van der Waals surface area contributed by atoms with Crippen molar-refractivity contribution < 1.29 is 19.1 Å². The van der Waals surface area contributed by atoms with Crippen molar-refractivity contribution in [2.24, 2.45) is 7.05 Å². The molecule has 6 heteroatoms. The standard InChI is InChI=1S/C22H28N2O4/c1-15(25)18-12-19(23(6)14-18)21(27)28-16(2)20(26)24(22(3,4)5)13-17-10-8-7-9-11-17/h7-12,14,16H,13H2,1-6H3/t16-/m1/s1. The number of nitrogens with zero attached hydrogens (tertiary/aromatic N) is 2. The molecule has 28 heavy (non-hydrogen) atoms. The third-order valence-corrected chi connectivity index (χ3v) is 4.51. The van der Waals surface area contributed by atoms with Gasteiger partial charge < -0.3 is 14.2 Å². The zero-order chi connectivity index (χ0) is 21.1. The average Bonchev–Trinajstić information content (AvgIpc) is 3.01. The van der Waals surface area contributed by atoms with Gasteiger partial charge in [-0.05, 0) is 46.2 Å². The highest BCUT2D eigenvalue weighted by atomic mass is 16.5. The van der Waals surface area contributed by atoms with E-state index in [4.69, 9.17) is 4.74 Å². The van der Waals surface area contributed by atoms with Crippen molar-refractivity contribution in [3.05, 3.63) is 59.4 Å². The van der Waals surface area contributed by atoms with Gasteiger partial charge in [-0.3, -0.25) is 9.59 Å². The molecule has 150 valence electrons. The second-order valence-corrected chi connectivity index (χ2v) is 7.91. The molecule has 0 bridgehead atoms. The summed E-state index contributed by atoms with van der Waals surface area (Å²) in [5.74, 6) is -1.05. The Labute approximate surface area is 166 Å². The molecule has 0 fully saturated rings. The van der Waals surface area contributed by atoms with E-state index >= 15 is 0 Å². The number of hydrogen-bond donors (Lipinski definition) is 0. The average molecular weight is 384 g/mol. The van der Waals surface area contributed by atoms with E-state index < -0.39 is 17.6 Å². The molecule has 0 spiro atoms. The summed E-state index contributed by atoms with van der Waals surface area (Å²) < 4.78 is 6.95. The number of carbonyl (C=O) groups is 3. The number of benzene rings is 1. The van der Waals surface area contributed by atoms with Crippen LogP contribution in [0.25, 0.3) is 0 Å². The van der Waals surface area contributed by atoms with Crippen LogP contribution in [-0.2, 0) is 23.1 Å². The third-order valence-electron chi connectivity index (χ3n) is 4.51. The van der Waals surface area contributed by atoms with Crippen LogP contribution >= 0.6 is 0 Å². The third kappa shape index (κ3) is 5.09. The Morgan fingerprint density at radius 2 is 1.75 bits per heavy atom. The van der Waals surface area contributed by atoms with Gasteiger partial charge in [0.15, 0.2) is 11.9 Å². The van der Waals surface area contributed by atoms with Gasteiger partial charge in [-0.25, -0.2) is 4.79 Å². The number of carbonyl (C=O) groups excluding carboxylic acids is 3. The van der Waals surface area contributed by atoms with Gasteiger partial charge in [-0.15, -0.1) is 0 Å². The predicted molar refractivity (Wildman–Crippen MR) is 107 cm³/mol. The van der Waals surface area contributed by atoms with Gasteiger partial charge in [0.1, 0.15) is 5.69 Å². The lowest BCUT2D eigenvalue weighted by atomic mass is 10.0. The first-order chi connectivity index (χ1) is 13.0. The molecule has 2 aromatic rings. The maximum absolute atomic E-state index is 13.0. The molecule has 1 aromatic carbocycles. The van der Waals surface area contributed by atoms with Gasteiger partial charge >= 0.3 is 5.97 Å². The summed E-state index contributed by atoms with van der Waals surface area (Å²) in [6.07, 6.45) is 0.619. The van der Waals surface area contributed by atoms with Crippen LogP contribution in [0.5, 0.6) is 0 Å². The van der Waals surface area contributed by atoms with E-state index in [2.05, 4.69) is 0 Å². The van der Waals surface area contributed by atoms with Gasteiger partial charge in [-0.1, -0.05) is 30.3 Å². The number of esters is 1. The van der Waals surface area contributed by atoms with E-state index in [1.165, 1.54) is 17.6 Å². The summed E-state index contributed by atoms with van der Waals surface area (Å²) in [6, 6.07) is 11.2. The molecule has 0 aliphatic heterocycles. The smallest absolute Gasteiger partial charge is 0.355 e. The number of ketones is 1. The number of Topliss-reactive ketones (excluding diaryl/α,β-unsaturated/α-hetero) is 1. The van der Waals surface area contributed by atoms with Crippen molar-refractivity contribution in [3.8, 4) is 0 Å². The highest BCUT2D eigenvalue weighted by molar-refractivity contribution is 5.98. The van der Waals surface area contributed by atoms with E-state index in [0.717, 1.165) is 5.56 Å². The molecule has 1 atom stereocenters. The number of ether oxygens (including phenoxy) is 1.